The van der Waals surface area contributed by atoms with E-state index in [0.29, 0.717) is 22.6 Å². The third-order valence-electron chi connectivity index (χ3n) is 5.55. The third kappa shape index (κ3) is 3.83. The Labute approximate surface area is 194 Å². The molecule has 9 nitrogen and oxygen atoms in total. The highest BCUT2D eigenvalue weighted by Crippen LogP contribution is 2.46. The number of ketones is 1. The van der Waals surface area contributed by atoms with Crippen LogP contribution in [0.25, 0.3) is 5.76 Å². The number of carbonyl (C=O) groups excluding carboxylic acids is 2. The summed E-state index contributed by atoms with van der Waals surface area (Å²) in [6, 6.07) is 17.5. The number of Topliss-reactive ketones (excluding diaryl/α,β-unsaturated/α-hetero) is 1. The van der Waals surface area contributed by atoms with Gasteiger partial charge in [-0.1, -0.05) is 36.4 Å². The molecular weight excluding hydrogens is 440 g/mol. The van der Waals surface area contributed by atoms with Crippen molar-refractivity contribution in [3.05, 3.63) is 99.6 Å². The number of nitro groups is 1. The molecule has 0 spiro atoms. The minimum Gasteiger partial charge on any atom is -0.507 e. The molecule has 1 fully saturated rings. The number of hydrogen-bond donors (Lipinski definition) is 1. The lowest BCUT2D eigenvalue weighted by atomic mass is 9.94. The summed E-state index contributed by atoms with van der Waals surface area (Å²) in [7, 11) is 2.91. The summed E-state index contributed by atoms with van der Waals surface area (Å²) in [5.74, 6) is -1.43. The molecule has 9 heteroatoms. The van der Waals surface area contributed by atoms with Gasteiger partial charge in [-0.2, -0.15) is 0 Å². The van der Waals surface area contributed by atoms with Crippen LogP contribution in [0.15, 0.2) is 78.4 Å². The van der Waals surface area contributed by atoms with Crippen LogP contribution in [0, 0.1) is 10.1 Å². The van der Waals surface area contributed by atoms with E-state index in [4.69, 9.17) is 9.47 Å². The zero-order chi connectivity index (χ0) is 24.4. The van der Waals surface area contributed by atoms with Crippen molar-refractivity contribution >= 4 is 28.8 Å². The molecule has 1 saturated heterocycles. The molecule has 1 N–H and O–H groups in total. The summed E-state index contributed by atoms with van der Waals surface area (Å²) in [6.07, 6.45) is 0. The molecule has 1 atom stereocenters. The molecule has 34 heavy (non-hydrogen) atoms. The fraction of sp³-hybridized carbons (Fsp3) is 0.120. The van der Waals surface area contributed by atoms with E-state index in [1.807, 2.05) is 0 Å². The lowest BCUT2D eigenvalue weighted by Gasteiger charge is -2.26. The van der Waals surface area contributed by atoms with Crippen LogP contribution in [0.4, 0.5) is 11.4 Å². The number of aliphatic hydroxyl groups excluding tert-OH is 1. The lowest BCUT2D eigenvalue weighted by Crippen LogP contribution is -2.29. The summed E-state index contributed by atoms with van der Waals surface area (Å²) in [4.78, 5) is 38.3. The standard InChI is InChI=1S/C25H20N2O7/c1-33-18-11-12-19(20(14-18)34-2)22-21(23(28)15-7-4-3-5-8-15)24(29)25(30)26(22)16-9-6-10-17(13-16)27(31)32/h3-14,22,28H,1-2H3/b23-21+. The third-order valence-corrected chi connectivity index (χ3v) is 5.55. The number of rotatable bonds is 6. The second-order valence-electron chi connectivity index (χ2n) is 7.42. The fourth-order valence-corrected chi connectivity index (χ4v) is 3.95. The Bertz CT molecular complexity index is 1320. The van der Waals surface area contributed by atoms with Gasteiger partial charge in [0.1, 0.15) is 17.3 Å². The Morgan fingerprint density at radius 1 is 0.971 bits per heavy atom. The van der Waals surface area contributed by atoms with E-state index in [1.54, 1.807) is 48.5 Å². The van der Waals surface area contributed by atoms with Crippen molar-refractivity contribution in [2.45, 2.75) is 6.04 Å². The maximum Gasteiger partial charge on any atom is 0.300 e. The largest absolute Gasteiger partial charge is 0.507 e. The molecule has 1 unspecified atom stereocenters. The summed E-state index contributed by atoms with van der Waals surface area (Å²) in [5.41, 5.74) is 0.462. The van der Waals surface area contributed by atoms with Crippen molar-refractivity contribution < 1.29 is 29.1 Å². The first-order valence-corrected chi connectivity index (χ1v) is 10.2. The van der Waals surface area contributed by atoms with Crippen molar-refractivity contribution in [3.8, 4) is 11.5 Å². The highest BCUT2D eigenvalue weighted by Gasteiger charge is 2.48. The maximum atomic E-state index is 13.2. The number of nitro benzene ring substituents is 1. The average molecular weight is 460 g/mol. The van der Waals surface area contributed by atoms with E-state index >= 15 is 0 Å². The summed E-state index contributed by atoms with van der Waals surface area (Å²) in [6.45, 7) is 0. The van der Waals surface area contributed by atoms with Gasteiger partial charge in [0.2, 0.25) is 0 Å². The van der Waals surface area contributed by atoms with E-state index in [2.05, 4.69) is 0 Å². The number of aliphatic hydroxyl groups is 1. The number of amides is 1. The van der Waals surface area contributed by atoms with Crippen molar-refractivity contribution in [2.24, 2.45) is 0 Å². The van der Waals surface area contributed by atoms with E-state index in [1.165, 1.54) is 38.5 Å². The van der Waals surface area contributed by atoms with Crippen LogP contribution in [0.5, 0.6) is 11.5 Å². The molecule has 3 aromatic carbocycles. The number of hydrogen-bond acceptors (Lipinski definition) is 7. The van der Waals surface area contributed by atoms with E-state index in [0.717, 1.165) is 4.90 Å². The van der Waals surface area contributed by atoms with Gasteiger partial charge in [-0.25, -0.2) is 0 Å². The van der Waals surface area contributed by atoms with Gasteiger partial charge in [0.05, 0.1) is 36.4 Å². The van der Waals surface area contributed by atoms with Crippen LogP contribution in [-0.4, -0.2) is 35.9 Å². The minimum absolute atomic E-state index is 0.131. The average Bonchev–Trinajstić information content (AvgIpc) is 3.13. The molecule has 1 aliphatic heterocycles. The first-order valence-electron chi connectivity index (χ1n) is 10.2. The molecule has 0 saturated carbocycles. The van der Waals surface area contributed by atoms with Crippen LogP contribution in [0.2, 0.25) is 0 Å². The number of nitrogens with zero attached hydrogens (tertiary/aromatic N) is 2. The molecule has 1 aliphatic rings. The normalized spacial score (nSPS) is 17.0. The van der Waals surface area contributed by atoms with Crippen molar-refractivity contribution in [1.29, 1.82) is 0 Å². The number of benzene rings is 3. The van der Waals surface area contributed by atoms with Gasteiger partial charge in [-0.15, -0.1) is 0 Å². The monoisotopic (exact) mass is 460 g/mol. The predicted molar refractivity (Wildman–Crippen MR) is 124 cm³/mol. The Morgan fingerprint density at radius 2 is 1.71 bits per heavy atom. The second kappa shape index (κ2) is 9.07. The van der Waals surface area contributed by atoms with Crippen LogP contribution in [0.1, 0.15) is 17.2 Å². The molecule has 4 rings (SSSR count). The van der Waals surface area contributed by atoms with Gasteiger partial charge in [0.25, 0.3) is 17.4 Å². The van der Waals surface area contributed by atoms with Gasteiger partial charge in [-0.3, -0.25) is 24.6 Å². The van der Waals surface area contributed by atoms with Gasteiger partial charge in [0, 0.05) is 29.3 Å². The Balaban J connectivity index is 2.00. The van der Waals surface area contributed by atoms with Crippen molar-refractivity contribution in [2.75, 3.05) is 19.1 Å². The highest BCUT2D eigenvalue weighted by molar-refractivity contribution is 6.51. The van der Waals surface area contributed by atoms with E-state index < -0.39 is 22.7 Å². The molecule has 0 radical (unpaired) electrons. The van der Waals surface area contributed by atoms with E-state index in [9.17, 15) is 24.8 Å². The van der Waals surface area contributed by atoms with Gasteiger partial charge in [0.15, 0.2) is 0 Å². The van der Waals surface area contributed by atoms with Gasteiger partial charge >= 0.3 is 0 Å². The lowest BCUT2D eigenvalue weighted by molar-refractivity contribution is -0.384. The highest BCUT2D eigenvalue weighted by atomic mass is 16.6. The van der Waals surface area contributed by atoms with E-state index in [-0.39, 0.29) is 22.7 Å². The van der Waals surface area contributed by atoms with Crippen LogP contribution >= 0.6 is 0 Å². The topological polar surface area (TPSA) is 119 Å². The molecule has 1 heterocycles. The first-order chi connectivity index (χ1) is 16.4. The SMILES string of the molecule is COc1ccc(C2/C(=C(\O)c3ccccc3)C(=O)C(=O)N2c2cccc([N+](=O)[O-])c2)c(OC)c1. The number of anilines is 1. The van der Waals surface area contributed by atoms with Crippen molar-refractivity contribution in [3.63, 3.8) is 0 Å². The zero-order valence-electron chi connectivity index (χ0n) is 18.3. The quantitative estimate of drug-likeness (QED) is 0.192. The predicted octanol–water partition coefficient (Wildman–Crippen LogP) is 4.24. The Morgan fingerprint density at radius 3 is 2.35 bits per heavy atom. The zero-order valence-corrected chi connectivity index (χ0v) is 18.3. The van der Waals surface area contributed by atoms with Gasteiger partial charge in [-0.05, 0) is 18.2 Å². The Hall–Kier alpha value is -4.66. The van der Waals surface area contributed by atoms with Crippen LogP contribution < -0.4 is 14.4 Å². The molecule has 0 aromatic heterocycles. The van der Waals surface area contributed by atoms with Crippen molar-refractivity contribution in [1.82, 2.24) is 0 Å². The molecule has 0 bridgehead atoms. The number of ether oxygens (including phenoxy) is 2. The molecule has 1 amide bonds. The van der Waals surface area contributed by atoms with Crippen LogP contribution in [0.3, 0.4) is 0 Å². The maximum absolute atomic E-state index is 13.2. The number of non-ortho nitro benzene ring substituents is 1. The Kier molecular flexibility index (Phi) is 6.01. The minimum atomic E-state index is -1.11. The number of carbonyl (C=O) groups is 2. The smallest absolute Gasteiger partial charge is 0.300 e. The first kappa shape index (κ1) is 22.5. The molecule has 172 valence electrons. The molecule has 0 aliphatic carbocycles. The second-order valence-corrected chi connectivity index (χ2v) is 7.42. The molecule has 3 aromatic rings. The van der Waals surface area contributed by atoms with Gasteiger partial charge < -0.3 is 14.6 Å². The molecular formula is C25H20N2O7. The summed E-state index contributed by atoms with van der Waals surface area (Å²) >= 11 is 0. The summed E-state index contributed by atoms with van der Waals surface area (Å²) in [5, 5.41) is 22.5. The fourth-order valence-electron chi connectivity index (χ4n) is 3.95. The number of methoxy groups -OCH3 is 2. The van der Waals surface area contributed by atoms with Crippen LogP contribution in [-0.2, 0) is 9.59 Å². The summed E-state index contributed by atoms with van der Waals surface area (Å²) < 4.78 is 10.8.